The van der Waals surface area contributed by atoms with E-state index in [4.69, 9.17) is 0 Å². The van der Waals surface area contributed by atoms with Crippen LogP contribution in [0.1, 0.15) is 11.4 Å². The van der Waals surface area contributed by atoms with Crippen molar-refractivity contribution in [1.82, 2.24) is 20.7 Å². The van der Waals surface area contributed by atoms with Crippen molar-refractivity contribution in [3.63, 3.8) is 0 Å². The van der Waals surface area contributed by atoms with Crippen molar-refractivity contribution in [3.05, 3.63) is 17.6 Å². The zero-order chi connectivity index (χ0) is 6.10. The number of aromatic nitrogens is 3. The highest BCUT2D eigenvalue weighted by molar-refractivity contribution is 5.48. The summed E-state index contributed by atoms with van der Waals surface area (Å²) in [6, 6.07) is 0. The molecule has 1 aromatic rings. The lowest BCUT2D eigenvalue weighted by Gasteiger charge is -2.01. The molecule has 2 heterocycles. The molecular weight excluding hydrogens is 116 g/mol. The lowest BCUT2D eigenvalue weighted by atomic mass is 10.3. The van der Waals surface area contributed by atoms with E-state index < -0.39 is 0 Å². The van der Waals surface area contributed by atoms with E-state index in [1.807, 2.05) is 12.3 Å². The Morgan fingerprint density at radius 1 is 1.44 bits per heavy atom. The van der Waals surface area contributed by atoms with Crippen LogP contribution < -0.4 is 5.32 Å². The second kappa shape index (κ2) is 1.58. The second-order valence-electron chi connectivity index (χ2n) is 1.87. The topological polar surface area (TPSA) is 53.6 Å². The molecule has 0 unspecified atom stereocenters. The molecule has 9 heavy (non-hydrogen) atoms. The molecule has 0 amide bonds. The normalized spacial score (nSPS) is 14.7. The summed E-state index contributed by atoms with van der Waals surface area (Å²) >= 11 is 0. The van der Waals surface area contributed by atoms with Gasteiger partial charge in [-0.25, -0.2) is 0 Å². The second-order valence-corrected chi connectivity index (χ2v) is 1.87. The van der Waals surface area contributed by atoms with Gasteiger partial charge in [-0.2, -0.15) is 15.4 Å². The van der Waals surface area contributed by atoms with Gasteiger partial charge >= 0.3 is 0 Å². The van der Waals surface area contributed by atoms with Crippen molar-refractivity contribution in [2.24, 2.45) is 0 Å². The van der Waals surface area contributed by atoms with Gasteiger partial charge in [-0.05, 0) is 12.3 Å². The first-order valence-corrected chi connectivity index (χ1v) is 2.76. The summed E-state index contributed by atoms with van der Waals surface area (Å²) in [7, 11) is 0. The van der Waals surface area contributed by atoms with Crippen LogP contribution in [0.3, 0.4) is 0 Å². The summed E-state index contributed by atoms with van der Waals surface area (Å²) in [5.41, 5.74) is 1.92. The number of hydrogen-bond acceptors (Lipinski definition) is 3. The van der Waals surface area contributed by atoms with Gasteiger partial charge in [0.25, 0.3) is 0 Å². The molecule has 4 heteroatoms. The number of nitrogens with one attached hydrogen (secondary N) is 2. The Morgan fingerprint density at radius 3 is 3.33 bits per heavy atom. The summed E-state index contributed by atoms with van der Waals surface area (Å²) in [4.78, 5) is 0. The largest absolute Gasteiger partial charge is 0.385 e. The Kier molecular flexibility index (Phi) is 0.798. The molecule has 4 nitrogen and oxygen atoms in total. The predicted octanol–water partition coefficient (Wildman–Crippen LogP) is -0.121. The van der Waals surface area contributed by atoms with Crippen LogP contribution >= 0.6 is 0 Å². The van der Waals surface area contributed by atoms with Crippen LogP contribution in [0.15, 0.2) is 6.20 Å². The van der Waals surface area contributed by atoms with E-state index in [1.54, 1.807) is 0 Å². The molecule has 0 bridgehead atoms. The number of nitrogens with zero attached hydrogens (tertiary/aromatic N) is 2. The third kappa shape index (κ3) is 0.595. The zero-order valence-corrected chi connectivity index (χ0v) is 4.76. The number of hydrogen-bond donors (Lipinski definition) is 2. The van der Waals surface area contributed by atoms with Crippen molar-refractivity contribution < 1.29 is 0 Å². The summed E-state index contributed by atoms with van der Waals surface area (Å²) in [5.74, 6) is 0. The monoisotopic (exact) mass is 122 g/mol. The van der Waals surface area contributed by atoms with Crippen molar-refractivity contribution in [3.8, 4) is 0 Å². The Hall–Kier alpha value is -1.32. The Balaban J connectivity index is 2.53. The summed E-state index contributed by atoms with van der Waals surface area (Å²) in [6.45, 7) is 0.780. The van der Waals surface area contributed by atoms with E-state index >= 15 is 0 Å². The maximum absolute atomic E-state index is 3.91. The van der Waals surface area contributed by atoms with E-state index in [1.165, 1.54) is 0 Å². The van der Waals surface area contributed by atoms with Gasteiger partial charge in [0.2, 0.25) is 0 Å². The molecule has 1 aromatic heterocycles. The van der Waals surface area contributed by atoms with Gasteiger partial charge in [-0.1, -0.05) is 0 Å². The summed E-state index contributed by atoms with van der Waals surface area (Å²) in [6.07, 6.45) is 3.76. The third-order valence-electron chi connectivity index (χ3n) is 1.28. The fraction of sp³-hybridized carbons (Fsp3) is 0.200. The first-order chi connectivity index (χ1) is 4.47. The molecule has 0 aliphatic carbocycles. The molecule has 1 aliphatic heterocycles. The summed E-state index contributed by atoms with van der Waals surface area (Å²) in [5, 5.41) is 13.4. The SMILES string of the molecule is C1=Cc2n[nH]nc2CN1. The van der Waals surface area contributed by atoms with Crippen LogP contribution in [0.5, 0.6) is 0 Å². The quantitative estimate of drug-likeness (QED) is 0.504. The molecular formula is C5H6N4. The minimum atomic E-state index is 0.780. The fourth-order valence-corrected chi connectivity index (χ4v) is 0.818. The average Bonchev–Trinajstić information content (AvgIpc) is 2.33. The zero-order valence-electron chi connectivity index (χ0n) is 4.76. The molecule has 1 aliphatic rings. The smallest absolute Gasteiger partial charge is 0.112 e. The van der Waals surface area contributed by atoms with Crippen molar-refractivity contribution in [2.45, 2.75) is 6.54 Å². The number of H-pyrrole nitrogens is 1. The van der Waals surface area contributed by atoms with E-state index in [-0.39, 0.29) is 0 Å². The molecule has 0 spiro atoms. The van der Waals surface area contributed by atoms with Crippen LogP contribution in [0.4, 0.5) is 0 Å². The molecule has 0 fully saturated rings. The maximum atomic E-state index is 3.91. The fourth-order valence-electron chi connectivity index (χ4n) is 0.818. The Bertz CT molecular complexity index is 237. The molecule has 0 atom stereocenters. The van der Waals surface area contributed by atoms with Gasteiger partial charge < -0.3 is 5.32 Å². The number of aromatic amines is 1. The molecule has 0 saturated heterocycles. The van der Waals surface area contributed by atoms with Crippen LogP contribution in [-0.4, -0.2) is 15.4 Å². The van der Waals surface area contributed by atoms with Crippen LogP contribution in [-0.2, 0) is 6.54 Å². The maximum Gasteiger partial charge on any atom is 0.112 e. The first kappa shape index (κ1) is 4.55. The van der Waals surface area contributed by atoms with Gasteiger partial charge in [-0.3, -0.25) is 0 Å². The highest BCUT2D eigenvalue weighted by Crippen LogP contribution is 2.05. The number of fused-ring (bicyclic) bond motifs is 1. The predicted molar refractivity (Wildman–Crippen MR) is 32.3 cm³/mol. The standard InChI is InChI=1S/C5H6N4/c1-2-6-3-5-4(1)7-9-8-5/h1-2,6H,3H2,(H,7,8,9). The molecule has 46 valence electrons. The molecule has 2 N–H and O–H groups in total. The number of rotatable bonds is 0. The van der Waals surface area contributed by atoms with Crippen molar-refractivity contribution in [1.29, 1.82) is 0 Å². The lowest BCUT2D eigenvalue weighted by Crippen LogP contribution is -2.09. The van der Waals surface area contributed by atoms with E-state index in [0.717, 1.165) is 17.9 Å². The van der Waals surface area contributed by atoms with Gasteiger partial charge in [0, 0.05) is 0 Å². The van der Waals surface area contributed by atoms with Gasteiger partial charge in [0.05, 0.1) is 6.54 Å². The molecule has 0 saturated carbocycles. The summed E-state index contributed by atoms with van der Waals surface area (Å²) < 4.78 is 0. The molecule has 2 rings (SSSR count). The van der Waals surface area contributed by atoms with Crippen LogP contribution in [0.25, 0.3) is 6.08 Å². The first-order valence-electron chi connectivity index (χ1n) is 2.76. The van der Waals surface area contributed by atoms with E-state index in [2.05, 4.69) is 20.7 Å². The lowest BCUT2D eigenvalue weighted by molar-refractivity contribution is 0.814. The third-order valence-corrected chi connectivity index (χ3v) is 1.28. The Labute approximate surface area is 52.0 Å². The van der Waals surface area contributed by atoms with Gasteiger partial charge in [0.15, 0.2) is 0 Å². The minimum Gasteiger partial charge on any atom is -0.385 e. The molecule has 0 aromatic carbocycles. The van der Waals surface area contributed by atoms with Crippen molar-refractivity contribution in [2.75, 3.05) is 0 Å². The highest BCUT2D eigenvalue weighted by Gasteiger charge is 2.05. The molecule has 0 radical (unpaired) electrons. The average molecular weight is 122 g/mol. The van der Waals surface area contributed by atoms with Gasteiger partial charge in [0.1, 0.15) is 11.4 Å². The Morgan fingerprint density at radius 2 is 2.44 bits per heavy atom. The van der Waals surface area contributed by atoms with E-state index in [0.29, 0.717) is 0 Å². The van der Waals surface area contributed by atoms with Crippen LogP contribution in [0.2, 0.25) is 0 Å². The van der Waals surface area contributed by atoms with Crippen molar-refractivity contribution >= 4 is 6.08 Å². The van der Waals surface area contributed by atoms with Crippen LogP contribution in [0, 0.1) is 0 Å². The highest BCUT2D eigenvalue weighted by atomic mass is 15.3. The van der Waals surface area contributed by atoms with Gasteiger partial charge in [-0.15, -0.1) is 0 Å². The minimum absolute atomic E-state index is 0.780. The van der Waals surface area contributed by atoms with E-state index in [9.17, 15) is 0 Å².